The topological polar surface area (TPSA) is 37.3 Å². The fraction of sp³-hybridized carbons (Fsp3) is 0.900. The fourth-order valence-electron chi connectivity index (χ4n) is 2.33. The first-order valence-corrected chi connectivity index (χ1v) is 4.97. The van der Waals surface area contributed by atoms with Gasteiger partial charge in [0.15, 0.2) is 0 Å². The highest BCUT2D eigenvalue weighted by Crippen LogP contribution is 2.30. The van der Waals surface area contributed by atoms with E-state index in [4.69, 9.17) is 5.11 Å². The third-order valence-electron chi connectivity index (χ3n) is 3.04. The molecule has 1 N–H and O–H groups in total. The molecule has 0 saturated heterocycles. The van der Waals surface area contributed by atoms with E-state index in [2.05, 4.69) is 21.1 Å². The molecule has 1 aliphatic carbocycles. The number of carboxylic acid groups (broad SMARTS) is 1. The van der Waals surface area contributed by atoms with Crippen LogP contribution in [0.2, 0.25) is 0 Å². The molecule has 76 valence electrons. The summed E-state index contributed by atoms with van der Waals surface area (Å²) in [5.74, 6) is -0.744. The number of carbonyl (C=O) groups is 1. The molecule has 0 aromatic rings. The van der Waals surface area contributed by atoms with Crippen LogP contribution in [0.15, 0.2) is 0 Å². The summed E-state index contributed by atoms with van der Waals surface area (Å²) in [5.41, 5.74) is 0. The van der Waals surface area contributed by atoms with Gasteiger partial charge in [-0.25, -0.2) is 0 Å². The maximum atomic E-state index is 11.0. The maximum absolute atomic E-state index is 11.0. The van der Waals surface area contributed by atoms with Crippen LogP contribution in [0.4, 0.5) is 0 Å². The Morgan fingerprint density at radius 2 is 1.77 bits per heavy atom. The van der Waals surface area contributed by atoms with Crippen LogP contribution in [0.25, 0.3) is 0 Å². The molecule has 1 aliphatic rings. The Bertz CT molecular complexity index is 196. The predicted molar refractivity (Wildman–Crippen MR) is 51.4 cm³/mol. The summed E-state index contributed by atoms with van der Waals surface area (Å²) in [6, 6.07) is 0.297. The summed E-state index contributed by atoms with van der Waals surface area (Å²) in [5, 5.41) is 9.06. The van der Waals surface area contributed by atoms with Crippen LogP contribution in [0, 0.1) is 5.92 Å². The molecule has 3 nitrogen and oxygen atoms in total. The van der Waals surface area contributed by atoms with Crippen LogP contribution in [-0.4, -0.2) is 42.7 Å². The predicted octanol–water partition coefficient (Wildman–Crippen LogP) is 1.34. The average molecular weight is 186 g/mol. The maximum Gasteiger partial charge on any atom is 0.312 e. The van der Waals surface area contributed by atoms with Crippen molar-refractivity contribution in [1.29, 1.82) is 0 Å². The van der Waals surface area contributed by atoms with Gasteiger partial charge in [0.2, 0.25) is 0 Å². The van der Waals surface area contributed by atoms with Crippen molar-refractivity contribution in [2.75, 3.05) is 21.1 Å². The molecular weight excluding hydrogens is 166 g/mol. The van der Waals surface area contributed by atoms with Crippen LogP contribution in [0.5, 0.6) is 0 Å². The third-order valence-corrected chi connectivity index (χ3v) is 3.04. The number of aliphatic carboxylic acids is 1. The molecule has 13 heavy (non-hydrogen) atoms. The SMILES string of the molecule is C[N+](C)(C)[C@@H]1CCCC[C@H]1C(=O)O. The van der Waals surface area contributed by atoms with Crippen LogP contribution < -0.4 is 0 Å². The van der Waals surface area contributed by atoms with Crippen LogP contribution >= 0.6 is 0 Å². The van der Waals surface area contributed by atoms with Gasteiger partial charge in [-0.1, -0.05) is 6.42 Å². The molecule has 0 heterocycles. The number of nitrogens with zero attached hydrogens (tertiary/aromatic N) is 1. The lowest BCUT2D eigenvalue weighted by molar-refractivity contribution is -0.900. The smallest absolute Gasteiger partial charge is 0.312 e. The van der Waals surface area contributed by atoms with Gasteiger partial charge in [-0.2, -0.15) is 0 Å². The second kappa shape index (κ2) is 3.66. The molecule has 0 aliphatic heterocycles. The minimum absolute atomic E-state index is 0.131. The number of carboxylic acids is 1. The largest absolute Gasteiger partial charge is 0.481 e. The van der Waals surface area contributed by atoms with Crippen molar-refractivity contribution in [3.63, 3.8) is 0 Å². The average Bonchev–Trinajstić information content (AvgIpc) is 2.03. The standard InChI is InChI=1S/C10H19NO2/c1-11(2,3)9-7-5-4-6-8(9)10(12)13/h8-9H,4-7H2,1-3H3/p+1/t8-,9-/m1/s1. The summed E-state index contributed by atoms with van der Waals surface area (Å²) in [6.07, 6.45) is 4.17. The summed E-state index contributed by atoms with van der Waals surface area (Å²) >= 11 is 0. The van der Waals surface area contributed by atoms with Crippen molar-refractivity contribution < 1.29 is 14.4 Å². The molecule has 0 radical (unpaired) electrons. The van der Waals surface area contributed by atoms with E-state index in [1.165, 1.54) is 6.42 Å². The Kier molecular flexibility index (Phi) is 2.96. The van der Waals surface area contributed by atoms with E-state index in [-0.39, 0.29) is 5.92 Å². The van der Waals surface area contributed by atoms with Crippen molar-refractivity contribution in [3.05, 3.63) is 0 Å². The number of quaternary nitrogens is 1. The molecule has 1 fully saturated rings. The minimum Gasteiger partial charge on any atom is -0.481 e. The van der Waals surface area contributed by atoms with E-state index in [0.717, 1.165) is 23.7 Å². The van der Waals surface area contributed by atoms with Crippen molar-refractivity contribution in [1.82, 2.24) is 0 Å². The molecule has 0 amide bonds. The zero-order chi connectivity index (χ0) is 10.1. The molecule has 1 saturated carbocycles. The third kappa shape index (κ3) is 2.44. The number of rotatable bonds is 2. The van der Waals surface area contributed by atoms with Gasteiger partial charge < -0.3 is 9.59 Å². The fourth-order valence-corrected chi connectivity index (χ4v) is 2.33. The minimum atomic E-state index is -0.613. The van der Waals surface area contributed by atoms with Crippen molar-refractivity contribution in [2.45, 2.75) is 31.7 Å². The van der Waals surface area contributed by atoms with Crippen molar-refractivity contribution in [2.24, 2.45) is 5.92 Å². The molecule has 0 bridgehead atoms. The van der Waals surface area contributed by atoms with Crippen molar-refractivity contribution in [3.8, 4) is 0 Å². The number of hydrogen-bond acceptors (Lipinski definition) is 1. The molecular formula is C10H20NO2+. The summed E-state index contributed by atoms with van der Waals surface area (Å²) < 4.78 is 0.775. The summed E-state index contributed by atoms with van der Waals surface area (Å²) in [6.45, 7) is 0. The zero-order valence-corrected chi connectivity index (χ0v) is 8.79. The summed E-state index contributed by atoms with van der Waals surface area (Å²) in [7, 11) is 6.27. The van der Waals surface area contributed by atoms with Gasteiger partial charge in [-0.15, -0.1) is 0 Å². The van der Waals surface area contributed by atoms with Gasteiger partial charge in [0.25, 0.3) is 0 Å². The molecule has 1 rings (SSSR count). The van der Waals surface area contributed by atoms with E-state index < -0.39 is 5.97 Å². The van der Waals surface area contributed by atoms with Gasteiger partial charge in [-0.05, 0) is 12.8 Å². The lowest BCUT2D eigenvalue weighted by atomic mass is 9.83. The Labute approximate surface area is 79.9 Å². The van der Waals surface area contributed by atoms with Crippen LogP contribution in [-0.2, 0) is 4.79 Å². The van der Waals surface area contributed by atoms with Gasteiger partial charge in [0, 0.05) is 6.42 Å². The van der Waals surface area contributed by atoms with Gasteiger partial charge in [0.05, 0.1) is 21.1 Å². The first kappa shape index (κ1) is 10.5. The Morgan fingerprint density at radius 3 is 2.15 bits per heavy atom. The van der Waals surface area contributed by atoms with Crippen molar-refractivity contribution >= 4 is 5.97 Å². The Morgan fingerprint density at radius 1 is 1.23 bits per heavy atom. The highest BCUT2D eigenvalue weighted by Gasteiger charge is 2.39. The second-order valence-electron chi connectivity index (χ2n) is 4.91. The van der Waals surface area contributed by atoms with E-state index in [0.29, 0.717) is 6.04 Å². The summed E-state index contributed by atoms with van der Waals surface area (Å²) in [4.78, 5) is 11.0. The molecule has 3 heteroatoms. The molecule has 0 aromatic carbocycles. The van der Waals surface area contributed by atoms with E-state index in [1.54, 1.807) is 0 Å². The molecule has 0 spiro atoms. The first-order chi connectivity index (χ1) is 5.93. The lowest BCUT2D eigenvalue weighted by Crippen LogP contribution is -2.52. The monoisotopic (exact) mass is 186 g/mol. The normalized spacial score (nSPS) is 30.1. The molecule has 0 unspecified atom stereocenters. The van der Waals surface area contributed by atoms with Crippen LogP contribution in [0.1, 0.15) is 25.7 Å². The quantitative estimate of drug-likeness (QED) is 0.661. The van der Waals surface area contributed by atoms with E-state index in [1.807, 2.05) is 0 Å². The highest BCUT2D eigenvalue weighted by molar-refractivity contribution is 5.70. The van der Waals surface area contributed by atoms with E-state index >= 15 is 0 Å². The van der Waals surface area contributed by atoms with Gasteiger partial charge in [0.1, 0.15) is 12.0 Å². The highest BCUT2D eigenvalue weighted by atomic mass is 16.4. The number of hydrogen-bond donors (Lipinski definition) is 1. The van der Waals surface area contributed by atoms with Gasteiger partial charge in [-0.3, -0.25) is 4.79 Å². The molecule has 2 atom stereocenters. The van der Waals surface area contributed by atoms with Crippen LogP contribution in [0.3, 0.4) is 0 Å². The van der Waals surface area contributed by atoms with E-state index in [9.17, 15) is 4.79 Å². The molecule has 0 aromatic heterocycles. The zero-order valence-electron chi connectivity index (χ0n) is 8.79. The Balaban J connectivity index is 2.73. The first-order valence-electron chi connectivity index (χ1n) is 4.97. The second-order valence-corrected chi connectivity index (χ2v) is 4.91. The Hall–Kier alpha value is -0.570. The van der Waals surface area contributed by atoms with Gasteiger partial charge >= 0.3 is 5.97 Å². The lowest BCUT2D eigenvalue weighted by Gasteiger charge is -2.40.